The van der Waals surface area contributed by atoms with E-state index in [1.165, 1.54) is 5.57 Å². The summed E-state index contributed by atoms with van der Waals surface area (Å²) in [6.45, 7) is 15.0. The summed E-state index contributed by atoms with van der Waals surface area (Å²) >= 11 is 0. The number of fused-ring (bicyclic) bond motifs is 1. The van der Waals surface area contributed by atoms with Gasteiger partial charge < -0.3 is 24.8 Å². The lowest BCUT2D eigenvalue weighted by Gasteiger charge is -2.34. The number of likely N-dealkylation sites (tertiary alicyclic amines) is 1. The van der Waals surface area contributed by atoms with Crippen LogP contribution in [0.2, 0.25) is 0 Å². The number of aryl methyl sites for hydroxylation is 1. The Balaban J connectivity index is 1.77. The summed E-state index contributed by atoms with van der Waals surface area (Å²) in [7, 11) is 0. The fraction of sp³-hybridized carbons (Fsp3) is 0.625. The molecule has 7 nitrogen and oxygen atoms in total. The number of hydrogen-bond acceptors (Lipinski definition) is 5. The average Bonchev–Trinajstić information content (AvgIpc) is 2.83. The number of rotatable bonds is 9. The molecule has 1 atom stereocenters. The maximum Gasteiger partial charge on any atom is 0.410 e. The maximum atomic E-state index is 13.6. The number of unbranched alkanes of at least 4 members (excludes halogenated alkanes) is 2. The Morgan fingerprint density at radius 2 is 1.92 bits per heavy atom. The summed E-state index contributed by atoms with van der Waals surface area (Å²) in [4.78, 5) is 27.7. The molecule has 2 heterocycles. The Morgan fingerprint density at radius 3 is 2.54 bits per heavy atom. The Hall–Kier alpha value is -2.96. The minimum atomic E-state index is -0.540. The van der Waals surface area contributed by atoms with Crippen molar-refractivity contribution in [2.45, 2.75) is 117 Å². The highest BCUT2D eigenvalue weighted by Gasteiger charge is 2.33. The number of piperidine rings is 1. The zero-order chi connectivity index (χ0) is 28.8. The van der Waals surface area contributed by atoms with Crippen molar-refractivity contribution in [3.05, 3.63) is 40.5 Å². The highest BCUT2D eigenvalue weighted by molar-refractivity contribution is 6.00. The van der Waals surface area contributed by atoms with Crippen LogP contribution in [-0.4, -0.2) is 52.3 Å². The number of phenols is 1. The Bertz CT molecular complexity index is 1090. The van der Waals surface area contributed by atoms with Gasteiger partial charge in [-0.15, -0.1) is 0 Å². The molecule has 0 aliphatic carbocycles. The van der Waals surface area contributed by atoms with Gasteiger partial charge in [-0.2, -0.15) is 0 Å². The first-order valence-electron chi connectivity index (χ1n) is 14.5. The molecule has 2 aliphatic heterocycles. The number of allylic oxidation sites excluding steroid dienone is 2. The van der Waals surface area contributed by atoms with Crippen LogP contribution in [0.4, 0.5) is 4.79 Å². The first kappa shape index (κ1) is 30.6. The molecular weight excluding hydrogens is 492 g/mol. The number of carbonyl (C=O) groups is 2. The molecule has 0 aromatic heterocycles. The van der Waals surface area contributed by atoms with E-state index in [0.29, 0.717) is 49.2 Å². The Morgan fingerprint density at radius 1 is 1.23 bits per heavy atom. The molecule has 39 heavy (non-hydrogen) atoms. The van der Waals surface area contributed by atoms with Crippen LogP contribution in [0.3, 0.4) is 0 Å². The molecule has 1 aromatic carbocycles. The van der Waals surface area contributed by atoms with Crippen molar-refractivity contribution in [2.24, 2.45) is 0 Å². The second-order valence-electron chi connectivity index (χ2n) is 12.4. The summed E-state index contributed by atoms with van der Waals surface area (Å²) in [6.07, 6.45) is 12.5. The minimum absolute atomic E-state index is 0.0229. The van der Waals surface area contributed by atoms with Gasteiger partial charge in [0.15, 0.2) is 0 Å². The summed E-state index contributed by atoms with van der Waals surface area (Å²) < 4.78 is 11.9. The normalized spacial score (nSPS) is 19.2. The van der Waals surface area contributed by atoms with E-state index in [4.69, 9.17) is 9.47 Å². The fourth-order valence-corrected chi connectivity index (χ4v) is 5.09. The fourth-order valence-electron chi connectivity index (χ4n) is 5.09. The third kappa shape index (κ3) is 8.51. The molecule has 0 spiro atoms. The summed E-state index contributed by atoms with van der Waals surface area (Å²) in [5.41, 5.74) is 1.96. The van der Waals surface area contributed by atoms with E-state index in [1.54, 1.807) is 4.90 Å². The van der Waals surface area contributed by atoms with Crippen LogP contribution in [0.1, 0.15) is 115 Å². The second kappa shape index (κ2) is 12.9. The van der Waals surface area contributed by atoms with Crippen molar-refractivity contribution < 1.29 is 24.2 Å². The molecule has 0 radical (unpaired) electrons. The number of nitrogens with zero attached hydrogens (tertiary/aromatic N) is 1. The zero-order valence-corrected chi connectivity index (χ0v) is 25.0. The Kier molecular flexibility index (Phi) is 10.1. The number of amides is 2. The monoisotopic (exact) mass is 540 g/mol. The third-order valence-electron chi connectivity index (χ3n) is 7.28. The van der Waals surface area contributed by atoms with Gasteiger partial charge in [0.25, 0.3) is 5.91 Å². The number of hydrogen-bond donors (Lipinski definition) is 2. The van der Waals surface area contributed by atoms with Gasteiger partial charge in [0, 0.05) is 19.1 Å². The number of aromatic hydroxyl groups is 1. The topological polar surface area (TPSA) is 88.1 Å². The first-order chi connectivity index (χ1) is 18.3. The second-order valence-corrected chi connectivity index (χ2v) is 12.4. The quantitative estimate of drug-likeness (QED) is 0.256. The SMILES string of the molecule is CCCCCc1cc2c(c(O)c1C(=O)NC1CCN(C(=O)OC(C)(C)C)CC1)C=CC(C)(CCC=C(C)C)O2. The molecule has 1 fully saturated rings. The molecule has 1 aromatic rings. The van der Waals surface area contributed by atoms with E-state index in [9.17, 15) is 14.7 Å². The molecule has 7 heteroatoms. The lowest BCUT2D eigenvalue weighted by atomic mass is 9.90. The van der Waals surface area contributed by atoms with Gasteiger partial charge in [-0.1, -0.05) is 31.4 Å². The number of benzene rings is 1. The minimum Gasteiger partial charge on any atom is -0.506 e. The summed E-state index contributed by atoms with van der Waals surface area (Å²) in [6, 6.07) is 1.87. The molecule has 1 unspecified atom stereocenters. The van der Waals surface area contributed by atoms with Crippen LogP contribution < -0.4 is 10.1 Å². The van der Waals surface area contributed by atoms with Gasteiger partial charge in [-0.3, -0.25) is 4.79 Å². The highest BCUT2D eigenvalue weighted by atomic mass is 16.6. The van der Waals surface area contributed by atoms with Gasteiger partial charge in [-0.05, 0) is 104 Å². The molecule has 2 aliphatic rings. The van der Waals surface area contributed by atoms with E-state index in [-0.39, 0.29) is 23.8 Å². The van der Waals surface area contributed by atoms with Crippen LogP contribution in [0, 0.1) is 0 Å². The number of ether oxygens (including phenoxy) is 2. The highest BCUT2D eigenvalue weighted by Crippen LogP contribution is 2.42. The van der Waals surface area contributed by atoms with Gasteiger partial charge in [0.1, 0.15) is 22.7 Å². The van der Waals surface area contributed by atoms with Crippen molar-refractivity contribution in [3.8, 4) is 11.5 Å². The van der Waals surface area contributed by atoms with Crippen molar-refractivity contribution >= 4 is 18.1 Å². The van der Waals surface area contributed by atoms with Crippen molar-refractivity contribution in [2.75, 3.05) is 13.1 Å². The molecule has 2 amide bonds. The van der Waals surface area contributed by atoms with Crippen LogP contribution in [0.15, 0.2) is 23.8 Å². The molecule has 2 N–H and O–H groups in total. The lowest BCUT2D eigenvalue weighted by Crippen LogP contribution is -2.48. The first-order valence-corrected chi connectivity index (χ1v) is 14.5. The van der Waals surface area contributed by atoms with Crippen molar-refractivity contribution in [1.82, 2.24) is 10.2 Å². The zero-order valence-electron chi connectivity index (χ0n) is 25.0. The summed E-state index contributed by atoms with van der Waals surface area (Å²) in [5.74, 6) is 0.330. The Labute approximate surface area is 234 Å². The van der Waals surface area contributed by atoms with E-state index >= 15 is 0 Å². The number of carbonyl (C=O) groups excluding carboxylic acids is 2. The van der Waals surface area contributed by atoms with E-state index in [2.05, 4.69) is 39.1 Å². The standard InChI is InChI=1S/C32H48N2O5/c1-8-9-10-13-23-21-26-25(14-18-32(7,38-26)17-11-12-22(2)3)28(35)27(23)29(36)33-24-15-19-34(20-16-24)30(37)39-31(4,5)6/h12,14,18,21,24,35H,8-11,13,15-17,19-20H2,1-7H3,(H,33,36). The van der Waals surface area contributed by atoms with Crippen LogP contribution in [-0.2, 0) is 11.2 Å². The maximum absolute atomic E-state index is 13.6. The lowest BCUT2D eigenvalue weighted by molar-refractivity contribution is 0.0199. The largest absolute Gasteiger partial charge is 0.506 e. The predicted molar refractivity (Wildman–Crippen MR) is 156 cm³/mol. The van der Waals surface area contributed by atoms with Crippen LogP contribution in [0.5, 0.6) is 11.5 Å². The van der Waals surface area contributed by atoms with E-state index in [1.807, 2.05) is 39.0 Å². The molecule has 3 rings (SSSR count). The van der Waals surface area contributed by atoms with Crippen LogP contribution >= 0.6 is 0 Å². The predicted octanol–water partition coefficient (Wildman–Crippen LogP) is 7.16. The molecule has 0 saturated carbocycles. The number of nitrogens with one attached hydrogen (secondary N) is 1. The van der Waals surface area contributed by atoms with Crippen molar-refractivity contribution in [1.29, 1.82) is 0 Å². The molecular formula is C32H48N2O5. The summed E-state index contributed by atoms with van der Waals surface area (Å²) in [5, 5.41) is 14.5. The molecule has 216 valence electrons. The third-order valence-corrected chi connectivity index (χ3v) is 7.28. The van der Waals surface area contributed by atoms with Gasteiger partial charge in [-0.25, -0.2) is 4.79 Å². The number of phenolic OH excluding ortho intramolecular Hbond substituents is 1. The molecule has 1 saturated heterocycles. The van der Waals surface area contributed by atoms with Gasteiger partial charge >= 0.3 is 6.09 Å². The smallest absolute Gasteiger partial charge is 0.410 e. The van der Waals surface area contributed by atoms with E-state index in [0.717, 1.165) is 37.7 Å². The van der Waals surface area contributed by atoms with Crippen LogP contribution in [0.25, 0.3) is 6.08 Å². The molecule has 0 bridgehead atoms. The van der Waals surface area contributed by atoms with Gasteiger partial charge in [0.2, 0.25) is 0 Å². The van der Waals surface area contributed by atoms with Crippen molar-refractivity contribution in [3.63, 3.8) is 0 Å². The van der Waals surface area contributed by atoms with Gasteiger partial charge in [0.05, 0.1) is 11.1 Å². The van der Waals surface area contributed by atoms with E-state index < -0.39 is 11.2 Å². The average molecular weight is 541 g/mol.